The van der Waals surface area contributed by atoms with Gasteiger partial charge < -0.3 is 5.11 Å². The number of sulfonamides is 1. The van der Waals surface area contributed by atoms with Crippen LogP contribution < -0.4 is 0 Å². The number of halogens is 4. The summed E-state index contributed by atoms with van der Waals surface area (Å²) in [6.45, 7) is 1.80. The minimum absolute atomic E-state index is 0.120. The molecule has 0 fully saturated rings. The van der Waals surface area contributed by atoms with Crippen LogP contribution in [0.15, 0.2) is 58.5 Å². The lowest BCUT2D eigenvalue weighted by Crippen LogP contribution is -2.55. The summed E-state index contributed by atoms with van der Waals surface area (Å²) in [5.74, 6) is -0.474. The molecule has 2 aromatic rings. The zero-order valence-electron chi connectivity index (χ0n) is 13.9. The number of alkyl halides is 3. The lowest BCUT2D eigenvalue weighted by atomic mass is 10.0. The highest BCUT2D eigenvalue weighted by atomic mass is 35.6. The number of rotatable bonds is 3. The highest BCUT2D eigenvalue weighted by Crippen LogP contribution is 2.48. The van der Waals surface area contributed by atoms with E-state index in [1.54, 1.807) is 19.1 Å². The molecule has 1 unspecified atom stereocenters. The van der Waals surface area contributed by atoms with Crippen LogP contribution in [0, 0.1) is 12.7 Å². The van der Waals surface area contributed by atoms with Crippen LogP contribution in [0.25, 0.3) is 0 Å². The summed E-state index contributed by atoms with van der Waals surface area (Å²) in [5.41, 5.74) is -1.07. The van der Waals surface area contributed by atoms with Gasteiger partial charge in [-0.2, -0.15) is 13.5 Å². The SMILES string of the molecule is Cc1ccc(S(=O)(=O)N2N=C(c3ccc(F)cc3)CC2(O)C(Cl)(Cl)Cl)cc1. The second-order valence-corrected chi connectivity index (χ2v) is 10.2. The van der Waals surface area contributed by atoms with Gasteiger partial charge in [-0.3, -0.25) is 0 Å². The van der Waals surface area contributed by atoms with Crippen LogP contribution in [0.1, 0.15) is 17.5 Å². The Bertz CT molecular complexity index is 990. The van der Waals surface area contributed by atoms with Crippen molar-refractivity contribution in [3.63, 3.8) is 0 Å². The van der Waals surface area contributed by atoms with Crippen LogP contribution in [0.4, 0.5) is 4.39 Å². The Hall–Kier alpha value is -1.38. The van der Waals surface area contributed by atoms with E-state index in [4.69, 9.17) is 34.8 Å². The van der Waals surface area contributed by atoms with Crippen LogP contribution in [0.3, 0.4) is 0 Å². The maximum Gasteiger partial charge on any atom is 0.281 e. The molecule has 3 rings (SSSR count). The predicted octanol–water partition coefficient (Wildman–Crippen LogP) is 3.99. The van der Waals surface area contributed by atoms with Crippen LogP contribution in [0.2, 0.25) is 0 Å². The maximum atomic E-state index is 13.2. The molecule has 27 heavy (non-hydrogen) atoms. The van der Waals surface area contributed by atoms with Gasteiger partial charge in [0.25, 0.3) is 10.0 Å². The van der Waals surface area contributed by atoms with Crippen LogP contribution in [-0.2, 0) is 10.0 Å². The average molecular weight is 452 g/mol. The van der Waals surface area contributed by atoms with Crippen molar-refractivity contribution in [2.24, 2.45) is 5.10 Å². The van der Waals surface area contributed by atoms with E-state index in [-0.39, 0.29) is 17.0 Å². The molecule has 144 valence electrons. The highest BCUT2D eigenvalue weighted by Gasteiger charge is 2.60. The van der Waals surface area contributed by atoms with Gasteiger partial charge in [0, 0.05) is 6.42 Å². The molecule has 1 aliphatic rings. The molecule has 0 saturated carbocycles. The molecule has 0 radical (unpaired) electrons. The molecule has 5 nitrogen and oxygen atoms in total. The first-order valence-corrected chi connectivity index (χ1v) is 10.3. The molecule has 0 aromatic heterocycles. The van der Waals surface area contributed by atoms with Crippen LogP contribution in [0.5, 0.6) is 0 Å². The molecule has 0 amide bonds. The molecule has 1 atom stereocenters. The minimum Gasteiger partial charge on any atom is -0.365 e. The third-order valence-corrected chi connectivity index (χ3v) is 6.73. The minimum atomic E-state index is -4.33. The normalized spacial score (nSPS) is 20.7. The average Bonchev–Trinajstić information content (AvgIpc) is 2.96. The zero-order chi connectivity index (χ0) is 20.0. The number of hydrazone groups is 1. The molecule has 0 aliphatic carbocycles. The number of benzene rings is 2. The number of aryl methyl sites for hydroxylation is 1. The number of hydrogen-bond acceptors (Lipinski definition) is 4. The van der Waals surface area contributed by atoms with Gasteiger partial charge in [0.05, 0.1) is 10.6 Å². The standard InChI is InChI=1S/C17H14Cl3FN2O3S/c1-11-2-8-14(9-3-11)27(25,26)23-16(24,17(18,19)20)10-15(22-23)12-4-6-13(21)7-5-12/h2-9,24H,10H2,1H3. The summed E-state index contributed by atoms with van der Waals surface area (Å²) in [5, 5.41) is 15.0. The Balaban J connectivity index is 2.13. The van der Waals surface area contributed by atoms with E-state index >= 15 is 0 Å². The second-order valence-electron chi connectivity index (χ2n) is 6.11. The molecule has 1 N–H and O–H groups in total. The maximum absolute atomic E-state index is 13.2. The highest BCUT2D eigenvalue weighted by molar-refractivity contribution is 7.89. The first kappa shape index (κ1) is 20.4. The zero-order valence-corrected chi connectivity index (χ0v) is 17.0. The monoisotopic (exact) mass is 450 g/mol. The first-order valence-electron chi connectivity index (χ1n) is 7.70. The van der Waals surface area contributed by atoms with Crippen molar-refractivity contribution in [3.8, 4) is 0 Å². The summed E-state index contributed by atoms with van der Waals surface area (Å²) in [7, 11) is -4.33. The lowest BCUT2D eigenvalue weighted by Gasteiger charge is -2.36. The van der Waals surface area contributed by atoms with Gasteiger partial charge in [0.15, 0.2) is 0 Å². The summed E-state index contributed by atoms with van der Waals surface area (Å²) < 4.78 is 37.3. The van der Waals surface area contributed by atoms with E-state index in [1.165, 1.54) is 36.4 Å². The van der Waals surface area contributed by atoms with Gasteiger partial charge in [-0.1, -0.05) is 64.6 Å². The van der Waals surface area contributed by atoms with Crippen molar-refractivity contribution < 1.29 is 17.9 Å². The summed E-state index contributed by atoms with van der Waals surface area (Å²) in [6, 6.07) is 11.1. The van der Waals surface area contributed by atoms with Crippen molar-refractivity contribution >= 4 is 50.5 Å². The molecule has 10 heteroatoms. The number of hydrogen-bond donors (Lipinski definition) is 1. The fourth-order valence-corrected chi connectivity index (χ4v) is 4.68. The molecule has 1 heterocycles. The van der Waals surface area contributed by atoms with E-state index in [0.29, 0.717) is 9.98 Å². The predicted molar refractivity (Wildman–Crippen MR) is 103 cm³/mol. The van der Waals surface area contributed by atoms with E-state index in [1.807, 2.05) is 0 Å². The largest absolute Gasteiger partial charge is 0.365 e. The summed E-state index contributed by atoms with van der Waals surface area (Å²) >= 11 is 17.7. The summed E-state index contributed by atoms with van der Waals surface area (Å²) in [4.78, 5) is -0.120. The quantitative estimate of drug-likeness (QED) is 0.717. The van der Waals surface area contributed by atoms with Gasteiger partial charge >= 0.3 is 0 Å². The Labute approximate surface area is 171 Å². The smallest absolute Gasteiger partial charge is 0.281 e. The van der Waals surface area contributed by atoms with Crippen LogP contribution in [-0.4, -0.2) is 33.2 Å². The van der Waals surface area contributed by atoms with E-state index in [9.17, 15) is 17.9 Å². The Morgan fingerprint density at radius 1 is 1.11 bits per heavy atom. The van der Waals surface area contributed by atoms with Crippen molar-refractivity contribution in [1.82, 2.24) is 4.41 Å². The van der Waals surface area contributed by atoms with Gasteiger partial charge in [-0.25, -0.2) is 4.39 Å². The first-order chi connectivity index (χ1) is 12.4. The van der Waals surface area contributed by atoms with Crippen molar-refractivity contribution in [3.05, 3.63) is 65.5 Å². The molecule has 2 aromatic carbocycles. The number of aliphatic hydroxyl groups is 1. The molecule has 0 bridgehead atoms. The van der Waals surface area contributed by atoms with Crippen LogP contribution >= 0.6 is 34.8 Å². The third kappa shape index (κ3) is 3.67. The molecule has 1 aliphatic heterocycles. The Morgan fingerprint density at radius 3 is 2.19 bits per heavy atom. The van der Waals surface area contributed by atoms with Crippen molar-refractivity contribution in [2.75, 3.05) is 0 Å². The van der Waals surface area contributed by atoms with Gasteiger partial charge in [0.1, 0.15) is 5.82 Å². The lowest BCUT2D eigenvalue weighted by molar-refractivity contribution is -0.0382. The fraction of sp³-hybridized carbons (Fsp3) is 0.235. The second kappa shape index (κ2) is 6.90. The molecular formula is C17H14Cl3FN2O3S. The van der Waals surface area contributed by atoms with E-state index in [2.05, 4.69) is 5.10 Å². The Kier molecular flexibility index (Phi) is 5.20. The Morgan fingerprint density at radius 2 is 1.67 bits per heavy atom. The number of nitrogens with zero attached hydrogens (tertiary/aromatic N) is 2. The van der Waals surface area contributed by atoms with Crippen molar-refractivity contribution in [2.45, 2.75) is 27.8 Å². The van der Waals surface area contributed by atoms with Gasteiger partial charge in [-0.15, -0.1) is 4.41 Å². The third-order valence-electron chi connectivity index (χ3n) is 4.12. The fourth-order valence-electron chi connectivity index (χ4n) is 2.60. The van der Waals surface area contributed by atoms with E-state index < -0.39 is 25.4 Å². The summed E-state index contributed by atoms with van der Waals surface area (Å²) in [6.07, 6.45) is -0.389. The molecule has 0 saturated heterocycles. The topological polar surface area (TPSA) is 70.0 Å². The van der Waals surface area contributed by atoms with E-state index in [0.717, 1.165) is 5.56 Å². The molecule has 0 spiro atoms. The van der Waals surface area contributed by atoms with Crippen molar-refractivity contribution in [1.29, 1.82) is 0 Å². The van der Waals surface area contributed by atoms with Gasteiger partial charge in [0.2, 0.25) is 9.52 Å². The molecular weight excluding hydrogens is 438 g/mol. The van der Waals surface area contributed by atoms with Gasteiger partial charge in [-0.05, 0) is 36.8 Å².